The summed E-state index contributed by atoms with van der Waals surface area (Å²) in [6.07, 6.45) is 2.55. The first kappa shape index (κ1) is 19.6. The zero-order chi connectivity index (χ0) is 19.8. The Morgan fingerprint density at radius 3 is 2.93 bits per heavy atom. The minimum atomic E-state index is -0.816. The minimum absolute atomic E-state index is 0.0833. The number of carboxylic acid groups (broad SMARTS) is 1. The Bertz CT molecular complexity index is 1200. The van der Waals surface area contributed by atoms with Crippen molar-refractivity contribution in [3.63, 3.8) is 0 Å². The maximum atomic E-state index is 10.9. The predicted molar refractivity (Wildman–Crippen MR) is 118 cm³/mol. The molecule has 1 N–H and O–H groups in total. The molecule has 0 spiro atoms. The highest BCUT2D eigenvalue weighted by Crippen LogP contribution is 2.34. The van der Waals surface area contributed by atoms with Crippen molar-refractivity contribution in [1.29, 1.82) is 0 Å². The Kier molecular flexibility index (Phi) is 5.56. The Labute approximate surface area is 180 Å². The third-order valence-electron chi connectivity index (χ3n) is 4.52. The number of halogens is 2. The normalized spacial score (nSPS) is 11.5. The molecule has 0 fully saturated rings. The molecule has 1 aromatic carbocycles. The van der Waals surface area contributed by atoms with Gasteiger partial charge in [0.25, 0.3) is 0 Å². The van der Waals surface area contributed by atoms with Crippen LogP contribution in [0.1, 0.15) is 23.2 Å². The number of nitrogens with zero attached hydrogens (tertiary/aromatic N) is 2. The van der Waals surface area contributed by atoms with E-state index in [9.17, 15) is 4.79 Å². The number of carboxylic acids is 1. The largest absolute Gasteiger partial charge is 0.481 e. The summed E-state index contributed by atoms with van der Waals surface area (Å²) < 4.78 is 3.21. The molecule has 0 unspecified atom stereocenters. The van der Waals surface area contributed by atoms with Crippen molar-refractivity contribution in [3.8, 4) is 0 Å². The van der Waals surface area contributed by atoms with Crippen LogP contribution >= 0.6 is 46.3 Å². The number of aryl methyl sites for hydroxylation is 1. The number of pyridine rings is 1. The van der Waals surface area contributed by atoms with Gasteiger partial charge in [0, 0.05) is 29.1 Å². The Morgan fingerprint density at radius 2 is 2.14 bits per heavy atom. The van der Waals surface area contributed by atoms with Crippen molar-refractivity contribution < 1.29 is 9.90 Å². The van der Waals surface area contributed by atoms with E-state index in [4.69, 9.17) is 28.3 Å². The van der Waals surface area contributed by atoms with Crippen LogP contribution in [0.2, 0.25) is 10.0 Å². The molecular formula is C20H16Cl2N2O2S2. The van der Waals surface area contributed by atoms with Gasteiger partial charge in [0.2, 0.25) is 0 Å². The van der Waals surface area contributed by atoms with Gasteiger partial charge in [0.05, 0.1) is 22.2 Å². The van der Waals surface area contributed by atoms with Crippen LogP contribution in [0.4, 0.5) is 0 Å². The summed E-state index contributed by atoms with van der Waals surface area (Å²) in [4.78, 5) is 15.6. The molecule has 144 valence electrons. The minimum Gasteiger partial charge on any atom is -0.481 e. The standard InChI is InChI=1S/C20H16Cl2N2O2S2/c1-11-3-2-4-16-19(11)12(10-28-16)7-15-20(27-6-5-18(25)26)23-17-8-13(21)14(22)9-24(15)17/h2-4,8-10H,5-7H2,1H3,(H,25,26). The lowest BCUT2D eigenvalue weighted by Crippen LogP contribution is -1.99. The third kappa shape index (κ3) is 3.74. The van der Waals surface area contributed by atoms with Gasteiger partial charge in [0.15, 0.2) is 0 Å². The smallest absolute Gasteiger partial charge is 0.304 e. The van der Waals surface area contributed by atoms with Crippen LogP contribution in [0.5, 0.6) is 0 Å². The maximum absolute atomic E-state index is 10.9. The van der Waals surface area contributed by atoms with Gasteiger partial charge in [-0.3, -0.25) is 4.79 Å². The second-order valence-corrected chi connectivity index (χ2v) is 9.25. The van der Waals surface area contributed by atoms with E-state index in [-0.39, 0.29) is 6.42 Å². The first-order chi connectivity index (χ1) is 13.4. The number of thiophene rings is 1. The van der Waals surface area contributed by atoms with Crippen LogP contribution in [-0.4, -0.2) is 26.2 Å². The van der Waals surface area contributed by atoms with Crippen LogP contribution in [-0.2, 0) is 11.2 Å². The number of benzene rings is 1. The molecule has 4 nitrogen and oxygen atoms in total. The van der Waals surface area contributed by atoms with Gasteiger partial charge in [-0.2, -0.15) is 0 Å². The second-order valence-electron chi connectivity index (χ2n) is 6.44. The molecule has 28 heavy (non-hydrogen) atoms. The van der Waals surface area contributed by atoms with E-state index in [0.717, 1.165) is 10.7 Å². The van der Waals surface area contributed by atoms with Gasteiger partial charge < -0.3 is 9.51 Å². The van der Waals surface area contributed by atoms with Crippen molar-refractivity contribution in [2.75, 3.05) is 5.75 Å². The van der Waals surface area contributed by atoms with Crippen molar-refractivity contribution in [1.82, 2.24) is 9.38 Å². The van der Waals surface area contributed by atoms with Crippen LogP contribution in [0.3, 0.4) is 0 Å². The molecule has 0 aliphatic carbocycles. The first-order valence-electron chi connectivity index (χ1n) is 8.60. The third-order valence-corrected chi connectivity index (χ3v) is 7.24. The van der Waals surface area contributed by atoms with Gasteiger partial charge >= 0.3 is 5.97 Å². The van der Waals surface area contributed by atoms with Gasteiger partial charge in [-0.25, -0.2) is 4.98 Å². The summed E-state index contributed by atoms with van der Waals surface area (Å²) >= 11 is 15.6. The average Bonchev–Trinajstić information content (AvgIpc) is 3.19. The molecule has 8 heteroatoms. The van der Waals surface area contributed by atoms with E-state index >= 15 is 0 Å². The molecule has 0 aliphatic heterocycles. The Balaban J connectivity index is 1.80. The highest BCUT2D eigenvalue weighted by molar-refractivity contribution is 7.99. The SMILES string of the molecule is Cc1cccc2scc(Cc3c(SCCC(=O)O)nc4cc(Cl)c(Cl)cn34)c12. The molecule has 0 atom stereocenters. The van der Waals surface area contributed by atoms with Crippen molar-refractivity contribution >= 4 is 68.0 Å². The molecule has 0 saturated carbocycles. The van der Waals surface area contributed by atoms with E-state index in [1.165, 1.54) is 33.0 Å². The number of fused-ring (bicyclic) bond motifs is 2. The fourth-order valence-electron chi connectivity index (χ4n) is 3.23. The molecular weight excluding hydrogens is 435 g/mol. The van der Waals surface area contributed by atoms with Crippen molar-refractivity contribution in [2.24, 2.45) is 0 Å². The molecule has 0 radical (unpaired) electrons. The molecule has 4 rings (SSSR count). The van der Waals surface area contributed by atoms with E-state index in [0.29, 0.717) is 27.9 Å². The summed E-state index contributed by atoms with van der Waals surface area (Å²) in [5.74, 6) is -0.361. The fourth-order valence-corrected chi connectivity index (χ4v) is 5.53. The number of thioether (sulfide) groups is 1. The zero-order valence-corrected chi connectivity index (χ0v) is 18.1. The monoisotopic (exact) mass is 450 g/mol. The molecule has 3 aromatic heterocycles. The molecule has 0 saturated heterocycles. The lowest BCUT2D eigenvalue weighted by molar-refractivity contribution is -0.136. The number of carbonyl (C=O) groups is 1. The van der Waals surface area contributed by atoms with E-state index in [1.807, 2.05) is 4.40 Å². The van der Waals surface area contributed by atoms with Crippen LogP contribution < -0.4 is 0 Å². The molecule has 0 amide bonds. The number of aromatic nitrogens is 2. The number of aliphatic carboxylic acids is 1. The summed E-state index contributed by atoms with van der Waals surface area (Å²) in [6, 6.07) is 8.06. The number of hydrogen-bond acceptors (Lipinski definition) is 4. The predicted octanol–water partition coefficient (Wildman–Crippen LogP) is 6.32. The highest BCUT2D eigenvalue weighted by Gasteiger charge is 2.18. The van der Waals surface area contributed by atoms with E-state index in [2.05, 4.69) is 35.5 Å². The van der Waals surface area contributed by atoms with Gasteiger partial charge in [-0.05, 0) is 34.9 Å². The lowest BCUT2D eigenvalue weighted by atomic mass is 10.0. The van der Waals surface area contributed by atoms with E-state index in [1.54, 1.807) is 23.6 Å². The number of imidazole rings is 1. The molecule has 0 aliphatic rings. The molecule has 0 bridgehead atoms. The van der Waals surface area contributed by atoms with E-state index < -0.39 is 5.97 Å². The van der Waals surface area contributed by atoms with Crippen molar-refractivity contribution in [2.45, 2.75) is 24.8 Å². The number of hydrogen-bond donors (Lipinski definition) is 1. The summed E-state index contributed by atoms with van der Waals surface area (Å²) in [5, 5.41) is 14.1. The van der Waals surface area contributed by atoms with Crippen LogP contribution in [0, 0.1) is 6.92 Å². The maximum Gasteiger partial charge on any atom is 0.304 e. The van der Waals surface area contributed by atoms with Crippen LogP contribution in [0.25, 0.3) is 15.7 Å². The van der Waals surface area contributed by atoms with Gasteiger partial charge in [0.1, 0.15) is 10.7 Å². The first-order valence-corrected chi connectivity index (χ1v) is 11.2. The Morgan fingerprint density at radius 1 is 1.32 bits per heavy atom. The number of rotatable bonds is 6. The average molecular weight is 451 g/mol. The van der Waals surface area contributed by atoms with Gasteiger partial charge in [-0.15, -0.1) is 23.1 Å². The lowest BCUT2D eigenvalue weighted by Gasteiger charge is -2.07. The summed E-state index contributed by atoms with van der Waals surface area (Å²) in [6.45, 7) is 2.12. The molecule has 3 heterocycles. The molecule has 4 aromatic rings. The Hall–Kier alpha value is -1.73. The van der Waals surface area contributed by atoms with Crippen molar-refractivity contribution in [3.05, 3.63) is 62.7 Å². The summed E-state index contributed by atoms with van der Waals surface area (Å²) in [7, 11) is 0. The second kappa shape index (κ2) is 7.95. The fraction of sp³-hybridized carbons (Fsp3) is 0.200. The van der Waals surface area contributed by atoms with Crippen LogP contribution in [0.15, 0.2) is 40.9 Å². The highest BCUT2D eigenvalue weighted by atomic mass is 35.5. The van der Waals surface area contributed by atoms with Gasteiger partial charge in [-0.1, -0.05) is 35.3 Å². The quantitative estimate of drug-likeness (QED) is 0.349. The summed E-state index contributed by atoms with van der Waals surface area (Å²) in [5.41, 5.74) is 4.17. The topological polar surface area (TPSA) is 54.6 Å². The zero-order valence-electron chi connectivity index (χ0n) is 14.9.